The summed E-state index contributed by atoms with van der Waals surface area (Å²) in [5, 5.41) is 0.461. The molecular weight excluding hydrogens is 226 g/mol. The molecule has 1 heterocycles. The van der Waals surface area contributed by atoms with Gasteiger partial charge in [0, 0.05) is 28.7 Å². The molecule has 16 heavy (non-hydrogen) atoms. The summed E-state index contributed by atoms with van der Waals surface area (Å²) in [5.74, 6) is 0.563. The number of ketones is 1. The maximum atomic E-state index is 11.8. The molecular formula is C11H10ClN3O. The first-order valence-corrected chi connectivity index (χ1v) is 5.10. The van der Waals surface area contributed by atoms with Crippen molar-refractivity contribution in [3.8, 4) is 0 Å². The Morgan fingerprint density at radius 3 is 2.88 bits per heavy atom. The number of H-pyrrole nitrogens is 1. The Bertz CT molecular complexity index is 488. The molecule has 0 aliphatic rings. The highest BCUT2D eigenvalue weighted by atomic mass is 35.5. The zero-order chi connectivity index (χ0) is 11.5. The molecule has 0 unspecified atom stereocenters. The second-order valence-electron chi connectivity index (χ2n) is 3.41. The van der Waals surface area contributed by atoms with Crippen molar-refractivity contribution in [3.63, 3.8) is 0 Å². The van der Waals surface area contributed by atoms with Crippen molar-refractivity contribution in [3.05, 3.63) is 47.0 Å². The fourth-order valence-corrected chi connectivity index (χ4v) is 1.67. The Kier molecular flexibility index (Phi) is 2.92. The van der Waals surface area contributed by atoms with Gasteiger partial charge in [-0.1, -0.05) is 11.6 Å². The molecule has 0 bridgehead atoms. The average molecular weight is 236 g/mol. The first-order chi connectivity index (χ1) is 7.65. The molecule has 0 atom stereocenters. The van der Waals surface area contributed by atoms with Crippen LogP contribution in [0, 0.1) is 0 Å². The van der Waals surface area contributed by atoms with Crippen LogP contribution in [0.5, 0.6) is 0 Å². The SMILES string of the molecule is Nc1cc(Cl)cc(C(=O)Cc2ncc[nH]2)c1. The first-order valence-electron chi connectivity index (χ1n) is 4.72. The van der Waals surface area contributed by atoms with E-state index in [1.54, 1.807) is 30.6 Å². The Balaban J connectivity index is 2.21. The van der Waals surface area contributed by atoms with E-state index < -0.39 is 0 Å². The van der Waals surface area contributed by atoms with Crippen molar-refractivity contribution in [2.45, 2.75) is 6.42 Å². The number of rotatable bonds is 3. The number of halogens is 1. The summed E-state index contributed by atoms with van der Waals surface area (Å²) in [6.07, 6.45) is 3.50. The van der Waals surface area contributed by atoms with Crippen LogP contribution >= 0.6 is 11.6 Å². The summed E-state index contributed by atoms with van der Waals surface area (Å²) in [4.78, 5) is 18.7. The summed E-state index contributed by atoms with van der Waals surface area (Å²) in [7, 11) is 0. The summed E-state index contributed by atoms with van der Waals surface area (Å²) in [5.41, 5.74) is 6.59. The first kappa shape index (κ1) is 10.7. The maximum Gasteiger partial charge on any atom is 0.170 e. The van der Waals surface area contributed by atoms with Gasteiger partial charge in [-0.05, 0) is 18.2 Å². The van der Waals surface area contributed by atoms with E-state index in [1.165, 1.54) is 0 Å². The molecule has 0 aliphatic carbocycles. The summed E-state index contributed by atoms with van der Waals surface area (Å²) in [6, 6.07) is 4.81. The number of nitrogen functional groups attached to an aromatic ring is 1. The molecule has 3 N–H and O–H groups in total. The van der Waals surface area contributed by atoms with E-state index in [2.05, 4.69) is 9.97 Å². The zero-order valence-electron chi connectivity index (χ0n) is 8.40. The average Bonchev–Trinajstić information content (AvgIpc) is 2.68. The number of hydrogen-bond donors (Lipinski definition) is 2. The number of nitrogens with two attached hydrogens (primary N) is 1. The molecule has 0 aliphatic heterocycles. The fourth-order valence-electron chi connectivity index (χ4n) is 1.42. The lowest BCUT2D eigenvalue weighted by atomic mass is 10.1. The van der Waals surface area contributed by atoms with E-state index in [0.717, 1.165) is 0 Å². The fraction of sp³-hybridized carbons (Fsp3) is 0.0909. The van der Waals surface area contributed by atoms with Gasteiger partial charge in [0.15, 0.2) is 5.78 Å². The van der Waals surface area contributed by atoms with E-state index in [9.17, 15) is 4.79 Å². The lowest BCUT2D eigenvalue weighted by Crippen LogP contribution is -2.05. The van der Waals surface area contributed by atoms with Crippen LogP contribution in [0.1, 0.15) is 16.2 Å². The molecule has 5 heteroatoms. The number of hydrogen-bond acceptors (Lipinski definition) is 3. The van der Waals surface area contributed by atoms with Crippen LogP contribution in [0.4, 0.5) is 5.69 Å². The molecule has 0 radical (unpaired) electrons. The number of aromatic amines is 1. The summed E-state index contributed by atoms with van der Waals surface area (Å²) >= 11 is 5.82. The number of nitrogens with one attached hydrogen (secondary N) is 1. The number of imidazole rings is 1. The van der Waals surface area contributed by atoms with Gasteiger partial charge in [-0.25, -0.2) is 4.98 Å². The highest BCUT2D eigenvalue weighted by Gasteiger charge is 2.09. The number of benzene rings is 1. The molecule has 1 aromatic carbocycles. The predicted octanol–water partition coefficient (Wildman–Crippen LogP) is 2.07. The zero-order valence-corrected chi connectivity index (χ0v) is 9.16. The molecule has 82 valence electrons. The number of nitrogens with zero attached hydrogens (tertiary/aromatic N) is 1. The summed E-state index contributed by atoms with van der Waals surface area (Å²) in [6.45, 7) is 0. The van der Waals surface area contributed by atoms with E-state index in [-0.39, 0.29) is 12.2 Å². The van der Waals surface area contributed by atoms with Crippen molar-refractivity contribution in [1.82, 2.24) is 9.97 Å². The molecule has 2 aromatic rings. The van der Waals surface area contributed by atoms with Gasteiger partial charge >= 0.3 is 0 Å². The minimum absolute atomic E-state index is 0.0656. The Hall–Kier alpha value is -1.81. The van der Waals surface area contributed by atoms with Crippen LogP contribution in [0.3, 0.4) is 0 Å². The van der Waals surface area contributed by atoms with Gasteiger partial charge in [-0.15, -0.1) is 0 Å². The number of Topliss-reactive ketones (excluding diaryl/α,β-unsaturated/α-hetero) is 1. The second kappa shape index (κ2) is 4.37. The van der Waals surface area contributed by atoms with Crippen molar-refractivity contribution < 1.29 is 4.79 Å². The van der Waals surface area contributed by atoms with Crippen molar-refractivity contribution in [2.24, 2.45) is 0 Å². The monoisotopic (exact) mass is 235 g/mol. The van der Waals surface area contributed by atoms with Gasteiger partial charge in [0.25, 0.3) is 0 Å². The topological polar surface area (TPSA) is 71.8 Å². The molecule has 1 aromatic heterocycles. The van der Waals surface area contributed by atoms with Gasteiger partial charge < -0.3 is 10.7 Å². The Labute approximate surface area is 97.5 Å². The quantitative estimate of drug-likeness (QED) is 0.632. The Morgan fingerprint density at radius 2 is 2.25 bits per heavy atom. The van der Waals surface area contributed by atoms with Gasteiger partial charge in [-0.3, -0.25) is 4.79 Å². The second-order valence-corrected chi connectivity index (χ2v) is 3.85. The third kappa shape index (κ3) is 2.41. The molecule has 0 spiro atoms. The minimum Gasteiger partial charge on any atom is -0.399 e. The van der Waals surface area contributed by atoms with Crippen LogP contribution in [0.25, 0.3) is 0 Å². The van der Waals surface area contributed by atoms with Crippen LogP contribution in [-0.2, 0) is 6.42 Å². The van der Waals surface area contributed by atoms with E-state index >= 15 is 0 Å². The van der Waals surface area contributed by atoms with E-state index in [0.29, 0.717) is 22.1 Å². The van der Waals surface area contributed by atoms with Crippen LogP contribution in [0.2, 0.25) is 5.02 Å². The van der Waals surface area contributed by atoms with Crippen LogP contribution < -0.4 is 5.73 Å². The largest absolute Gasteiger partial charge is 0.399 e. The van der Waals surface area contributed by atoms with Crippen molar-refractivity contribution in [2.75, 3.05) is 5.73 Å². The third-order valence-corrected chi connectivity index (χ3v) is 2.34. The molecule has 4 nitrogen and oxygen atoms in total. The lowest BCUT2D eigenvalue weighted by molar-refractivity contribution is 0.0991. The normalized spacial score (nSPS) is 10.3. The lowest BCUT2D eigenvalue weighted by Gasteiger charge is -2.02. The van der Waals surface area contributed by atoms with Crippen molar-refractivity contribution >= 4 is 23.1 Å². The van der Waals surface area contributed by atoms with Gasteiger partial charge in [0.1, 0.15) is 5.82 Å². The number of carbonyl (C=O) groups excluding carboxylic acids is 1. The number of aromatic nitrogens is 2. The minimum atomic E-state index is -0.0656. The molecule has 2 rings (SSSR count). The van der Waals surface area contributed by atoms with Gasteiger partial charge in [-0.2, -0.15) is 0 Å². The van der Waals surface area contributed by atoms with Crippen LogP contribution in [-0.4, -0.2) is 15.8 Å². The molecule has 0 amide bonds. The van der Waals surface area contributed by atoms with Crippen LogP contribution in [0.15, 0.2) is 30.6 Å². The Morgan fingerprint density at radius 1 is 1.44 bits per heavy atom. The predicted molar refractivity (Wildman–Crippen MR) is 62.5 cm³/mol. The van der Waals surface area contributed by atoms with Gasteiger partial charge in [0.05, 0.1) is 6.42 Å². The molecule has 0 saturated heterocycles. The standard InChI is InChI=1S/C11H10ClN3O/c12-8-3-7(4-9(13)5-8)10(16)6-11-14-1-2-15-11/h1-5H,6,13H2,(H,14,15). The maximum absolute atomic E-state index is 11.8. The summed E-state index contributed by atoms with van der Waals surface area (Å²) < 4.78 is 0. The molecule has 0 saturated carbocycles. The third-order valence-electron chi connectivity index (χ3n) is 2.12. The van der Waals surface area contributed by atoms with Gasteiger partial charge in [0.2, 0.25) is 0 Å². The van der Waals surface area contributed by atoms with Crippen molar-refractivity contribution in [1.29, 1.82) is 0 Å². The van der Waals surface area contributed by atoms with E-state index in [4.69, 9.17) is 17.3 Å². The highest BCUT2D eigenvalue weighted by molar-refractivity contribution is 6.31. The highest BCUT2D eigenvalue weighted by Crippen LogP contribution is 2.17. The number of carbonyl (C=O) groups is 1. The number of anilines is 1. The smallest absolute Gasteiger partial charge is 0.170 e. The molecule has 0 fully saturated rings. The van der Waals surface area contributed by atoms with E-state index in [1.807, 2.05) is 0 Å².